The van der Waals surface area contributed by atoms with E-state index in [1.165, 1.54) is 11.8 Å². The summed E-state index contributed by atoms with van der Waals surface area (Å²) in [6.45, 7) is 2.97. The van der Waals surface area contributed by atoms with Gasteiger partial charge in [-0.05, 0) is 61.9 Å². The lowest BCUT2D eigenvalue weighted by Gasteiger charge is -2.13. The van der Waals surface area contributed by atoms with Crippen molar-refractivity contribution in [2.24, 2.45) is 0 Å². The second-order valence-electron chi connectivity index (χ2n) is 6.23. The summed E-state index contributed by atoms with van der Waals surface area (Å²) >= 11 is 14.2. The van der Waals surface area contributed by atoms with Crippen molar-refractivity contribution in [3.63, 3.8) is 0 Å². The van der Waals surface area contributed by atoms with Crippen molar-refractivity contribution >= 4 is 35.0 Å². The molecule has 0 radical (unpaired) electrons. The van der Waals surface area contributed by atoms with E-state index in [9.17, 15) is 0 Å². The molecule has 0 atom stereocenters. The second kappa shape index (κ2) is 8.55. The maximum atomic E-state index is 6.43. The molecule has 0 amide bonds. The molecule has 0 spiro atoms. The van der Waals surface area contributed by atoms with Crippen molar-refractivity contribution in [1.82, 2.24) is 15.0 Å². The molecule has 0 unspecified atom stereocenters. The summed E-state index contributed by atoms with van der Waals surface area (Å²) in [5, 5.41) is 1.51. The molecule has 0 N–H and O–H groups in total. The minimum Gasteiger partial charge on any atom is -0.494 e. The maximum absolute atomic E-state index is 6.43. The Morgan fingerprint density at radius 1 is 0.929 bits per heavy atom. The summed E-state index contributed by atoms with van der Waals surface area (Å²) in [5.41, 5.74) is 0.664. The third-order valence-electron chi connectivity index (χ3n) is 4.07. The van der Waals surface area contributed by atoms with Crippen molar-refractivity contribution in [3.05, 3.63) is 52.3 Å². The zero-order valence-corrected chi connectivity index (χ0v) is 17.4. The molecule has 4 rings (SSSR count). The van der Waals surface area contributed by atoms with Crippen LogP contribution in [0.5, 0.6) is 11.5 Å². The lowest BCUT2D eigenvalue weighted by Crippen LogP contribution is -2.04. The van der Waals surface area contributed by atoms with Crippen LogP contribution in [-0.2, 0) is 0 Å². The summed E-state index contributed by atoms with van der Waals surface area (Å²) in [7, 11) is 0. The fourth-order valence-corrected chi connectivity index (χ4v) is 4.11. The van der Waals surface area contributed by atoms with Crippen LogP contribution in [0, 0.1) is 6.92 Å². The Balaban J connectivity index is 1.80. The van der Waals surface area contributed by atoms with Gasteiger partial charge in [-0.25, -0.2) is 15.0 Å². The highest BCUT2D eigenvalue weighted by Crippen LogP contribution is 2.37. The van der Waals surface area contributed by atoms with Crippen LogP contribution in [0.3, 0.4) is 0 Å². The number of nitrogens with zero attached hydrogens (tertiary/aromatic N) is 3. The van der Waals surface area contributed by atoms with Crippen molar-refractivity contribution in [2.45, 2.75) is 29.8 Å². The van der Waals surface area contributed by atoms with Gasteiger partial charge in [0.25, 0.3) is 0 Å². The monoisotopic (exact) mass is 433 g/mol. The molecule has 144 valence electrons. The number of aromatic nitrogens is 3. The van der Waals surface area contributed by atoms with Gasteiger partial charge in [-0.1, -0.05) is 29.3 Å². The first-order chi connectivity index (χ1) is 13.6. The Hall–Kier alpha value is -2.02. The first-order valence-corrected chi connectivity index (χ1v) is 10.4. The highest BCUT2D eigenvalue weighted by atomic mass is 35.5. The molecule has 1 aromatic heterocycles. The molecule has 6 bridgehead atoms. The van der Waals surface area contributed by atoms with E-state index in [0.717, 1.165) is 23.5 Å². The molecule has 3 aromatic rings. The SMILES string of the molecule is Cc1nc2nc(n1)-c1cc(c(Cl)cc1Cl)OCCCCOc1cccc(c1)S2. The lowest BCUT2D eigenvalue weighted by atomic mass is 10.2. The first-order valence-electron chi connectivity index (χ1n) is 8.84. The van der Waals surface area contributed by atoms with Crippen molar-refractivity contribution < 1.29 is 9.47 Å². The highest BCUT2D eigenvalue weighted by Gasteiger charge is 2.15. The molecule has 1 aliphatic heterocycles. The van der Waals surface area contributed by atoms with Crippen LogP contribution in [0.4, 0.5) is 0 Å². The van der Waals surface area contributed by atoms with E-state index in [2.05, 4.69) is 15.0 Å². The molecule has 28 heavy (non-hydrogen) atoms. The minimum atomic E-state index is 0.460. The van der Waals surface area contributed by atoms with Gasteiger partial charge in [0.15, 0.2) is 11.0 Å². The molecule has 8 heteroatoms. The van der Waals surface area contributed by atoms with Gasteiger partial charge in [0.05, 0.1) is 23.3 Å². The number of ether oxygens (including phenoxy) is 2. The Morgan fingerprint density at radius 3 is 2.61 bits per heavy atom. The van der Waals surface area contributed by atoms with Crippen molar-refractivity contribution in [1.29, 1.82) is 0 Å². The van der Waals surface area contributed by atoms with Crippen molar-refractivity contribution in [2.75, 3.05) is 13.2 Å². The fourth-order valence-electron chi connectivity index (χ4n) is 2.74. The lowest BCUT2D eigenvalue weighted by molar-refractivity contribution is 0.266. The summed E-state index contributed by atoms with van der Waals surface area (Å²) in [6, 6.07) is 11.3. The topological polar surface area (TPSA) is 57.1 Å². The molecular weight excluding hydrogens is 417 g/mol. The van der Waals surface area contributed by atoms with Crippen LogP contribution in [-0.4, -0.2) is 28.2 Å². The molecule has 1 aliphatic rings. The summed E-state index contributed by atoms with van der Waals surface area (Å²) in [4.78, 5) is 14.5. The van der Waals surface area contributed by atoms with Crippen LogP contribution in [0.1, 0.15) is 18.7 Å². The van der Waals surface area contributed by atoms with E-state index < -0.39 is 0 Å². The van der Waals surface area contributed by atoms with Gasteiger partial charge in [-0.3, -0.25) is 0 Å². The highest BCUT2D eigenvalue weighted by molar-refractivity contribution is 7.99. The van der Waals surface area contributed by atoms with E-state index in [0.29, 0.717) is 51.4 Å². The number of aryl methyl sites for hydroxylation is 1. The standard InChI is InChI=1S/C20H17Cl2N3O2S/c1-12-23-19-15-10-18(17(22)11-16(15)21)27-8-3-2-7-26-13-5-4-6-14(9-13)28-20(24-12)25-19/h4-6,9-11H,2-3,7-8H2,1H3. The van der Waals surface area contributed by atoms with E-state index in [-0.39, 0.29) is 0 Å². The summed E-state index contributed by atoms with van der Waals surface area (Å²) in [6.07, 6.45) is 1.72. The molecule has 0 saturated heterocycles. The molecule has 2 heterocycles. The fraction of sp³-hybridized carbons (Fsp3) is 0.250. The Labute approximate surface area is 177 Å². The normalized spacial score (nSPS) is 14.1. The predicted molar refractivity (Wildman–Crippen MR) is 111 cm³/mol. The molecule has 0 fully saturated rings. The Kier molecular flexibility index (Phi) is 5.90. The van der Waals surface area contributed by atoms with Gasteiger partial charge >= 0.3 is 0 Å². The van der Waals surface area contributed by atoms with E-state index in [1.54, 1.807) is 12.1 Å². The summed E-state index contributed by atoms with van der Waals surface area (Å²) < 4.78 is 11.7. The second-order valence-corrected chi connectivity index (χ2v) is 8.09. The molecule has 0 saturated carbocycles. The number of hydrogen-bond acceptors (Lipinski definition) is 6. The maximum Gasteiger partial charge on any atom is 0.196 e. The van der Waals surface area contributed by atoms with E-state index >= 15 is 0 Å². The van der Waals surface area contributed by atoms with Gasteiger partial charge in [0.2, 0.25) is 0 Å². The number of benzene rings is 2. The van der Waals surface area contributed by atoms with Crippen molar-refractivity contribution in [3.8, 4) is 22.9 Å². The average Bonchev–Trinajstić information content (AvgIpc) is 2.65. The van der Waals surface area contributed by atoms with Gasteiger partial charge in [0, 0.05) is 10.5 Å². The van der Waals surface area contributed by atoms with Gasteiger partial charge in [-0.15, -0.1) is 0 Å². The average molecular weight is 434 g/mol. The van der Waals surface area contributed by atoms with E-state index in [1.807, 2.05) is 31.2 Å². The van der Waals surface area contributed by atoms with Crippen LogP contribution in [0.15, 0.2) is 46.5 Å². The van der Waals surface area contributed by atoms with Crippen LogP contribution >= 0.6 is 35.0 Å². The number of hydrogen-bond donors (Lipinski definition) is 0. The van der Waals surface area contributed by atoms with Crippen LogP contribution < -0.4 is 9.47 Å². The third kappa shape index (κ3) is 4.51. The largest absolute Gasteiger partial charge is 0.494 e. The number of halogens is 2. The van der Waals surface area contributed by atoms with Gasteiger partial charge < -0.3 is 9.47 Å². The number of rotatable bonds is 0. The van der Waals surface area contributed by atoms with Crippen LogP contribution in [0.25, 0.3) is 11.4 Å². The van der Waals surface area contributed by atoms with Gasteiger partial charge in [0.1, 0.15) is 17.3 Å². The Bertz CT molecular complexity index is 1020. The van der Waals surface area contributed by atoms with Crippen LogP contribution in [0.2, 0.25) is 10.0 Å². The molecule has 2 aromatic carbocycles. The quantitative estimate of drug-likeness (QED) is 0.442. The zero-order valence-electron chi connectivity index (χ0n) is 15.1. The molecular formula is C20H17Cl2N3O2S. The van der Waals surface area contributed by atoms with Gasteiger partial charge in [-0.2, -0.15) is 0 Å². The summed E-state index contributed by atoms with van der Waals surface area (Å²) in [5.74, 6) is 2.47. The van der Waals surface area contributed by atoms with E-state index in [4.69, 9.17) is 32.7 Å². The Morgan fingerprint density at radius 2 is 1.75 bits per heavy atom. The molecule has 0 aliphatic carbocycles. The predicted octanol–water partition coefficient (Wildman–Crippen LogP) is 5.86. The number of fused-ring (bicyclic) bond motifs is 7. The molecule has 5 nitrogen and oxygen atoms in total. The first kappa shape index (κ1) is 19.3. The zero-order chi connectivity index (χ0) is 19.5. The smallest absolute Gasteiger partial charge is 0.196 e. The third-order valence-corrected chi connectivity index (χ3v) is 5.53. The minimum absolute atomic E-state index is 0.460.